The van der Waals surface area contributed by atoms with Crippen molar-refractivity contribution in [3.63, 3.8) is 0 Å². The minimum atomic E-state index is -3.48. The van der Waals surface area contributed by atoms with Gasteiger partial charge >= 0.3 is 0 Å². The van der Waals surface area contributed by atoms with Crippen LogP contribution in [-0.2, 0) is 10.0 Å². The maximum absolute atomic E-state index is 12.2. The van der Waals surface area contributed by atoms with Crippen LogP contribution in [0.2, 0.25) is 0 Å². The maximum Gasteiger partial charge on any atom is 0.240 e. The first-order valence-corrected chi connectivity index (χ1v) is 7.90. The molecule has 19 heavy (non-hydrogen) atoms. The van der Waals surface area contributed by atoms with Crippen LogP contribution < -0.4 is 9.46 Å². The highest BCUT2D eigenvalue weighted by molar-refractivity contribution is 7.89. The summed E-state index contributed by atoms with van der Waals surface area (Å²) >= 11 is 0. The Kier molecular flexibility index (Phi) is 4.98. The minimum Gasteiger partial charge on any atom is -0.494 e. The monoisotopic (exact) mass is 285 g/mol. The average molecular weight is 285 g/mol. The Labute approximate surface area is 116 Å². The van der Waals surface area contributed by atoms with Crippen LogP contribution in [0, 0.1) is 5.41 Å². The van der Waals surface area contributed by atoms with Gasteiger partial charge in [0.25, 0.3) is 0 Å². The molecule has 0 aliphatic heterocycles. The van der Waals surface area contributed by atoms with Gasteiger partial charge in [-0.2, -0.15) is 0 Å². The van der Waals surface area contributed by atoms with Crippen molar-refractivity contribution in [1.29, 1.82) is 0 Å². The molecule has 1 N–H and O–H groups in total. The molecule has 1 unspecified atom stereocenters. The number of rotatable bonds is 5. The van der Waals surface area contributed by atoms with Gasteiger partial charge in [0.05, 0.1) is 11.5 Å². The van der Waals surface area contributed by atoms with Crippen molar-refractivity contribution >= 4 is 10.0 Å². The van der Waals surface area contributed by atoms with Crippen LogP contribution in [0.4, 0.5) is 0 Å². The number of nitrogens with one attached hydrogen (secondary N) is 1. The van der Waals surface area contributed by atoms with Gasteiger partial charge in [-0.05, 0) is 43.5 Å². The molecule has 0 aliphatic rings. The van der Waals surface area contributed by atoms with E-state index in [4.69, 9.17) is 4.74 Å². The summed E-state index contributed by atoms with van der Waals surface area (Å²) in [6.07, 6.45) is 0. The number of sulfonamides is 1. The zero-order valence-electron chi connectivity index (χ0n) is 12.2. The molecule has 1 atom stereocenters. The van der Waals surface area contributed by atoms with E-state index in [2.05, 4.69) is 4.72 Å². The highest BCUT2D eigenvalue weighted by atomic mass is 32.2. The summed E-state index contributed by atoms with van der Waals surface area (Å²) in [4.78, 5) is 0.257. The predicted molar refractivity (Wildman–Crippen MR) is 76.8 cm³/mol. The summed E-state index contributed by atoms with van der Waals surface area (Å²) in [6.45, 7) is 10.3. The molecule has 1 rings (SSSR count). The molecular formula is C14H23NO3S. The molecule has 5 heteroatoms. The first kappa shape index (κ1) is 16.0. The van der Waals surface area contributed by atoms with Gasteiger partial charge in [-0.1, -0.05) is 20.8 Å². The first-order valence-electron chi connectivity index (χ1n) is 6.42. The summed E-state index contributed by atoms with van der Waals surface area (Å²) in [5.41, 5.74) is -0.127. The molecule has 1 aromatic carbocycles. The Bertz CT molecular complexity index is 500. The van der Waals surface area contributed by atoms with Crippen molar-refractivity contribution in [2.75, 3.05) is 6.61 Å². The van der Waals surface area contributed by atoms with E-state index < -0.39 is 10.0 Å². The van der Waals surface area contributed by atoms with Crippen molar-refractivity contribution in [2.45, 2.75) is 45.6 Å². The Morgan fingerprint density at radius 1 is 1.21 bits per heavy atom. The molecule has 0 bridgehead atoms. The first-order chi connectivity index (χ1) is 8.66. The summed E-state index contributed by atoms with van der Waals surface area (Å²) in [5.74, 6) is 0.672. The Hall–Kier alpha value is -1.07. The zero-order chi connectivity index (χ0) is 14.7. The van der Waals surface area contributed by atoms with Crippen LogP contribution in [0.1, 0.15) is 34.6 Å². The molecule has 1 aromatic rings. The zero-order valence-corrected chi connectivity index (χ0v) is 13.0. The molecular weight excluding hydrogens is 262 g/mol. The SMILES string of the molecule is CCOc1ccc(S(=O)(=O)NC(C)C(C)(C)C)cc1. The molecule has 0 radical (unpaired) electrons. The van der Waals surface area contributed by atoms with Gasteiger partial charge in [0.1, 0.15) is 5.75 Å². The van der Waals surface area contributed by atoms with Gasteiger partial charge < -0.3 is 4.74 Å². The maximum atomic E-state index is 12.2. The third-order valence-electron chi connectivity index (χ3n) is 3.08. The van der Waals surface area contributed by atoms with E-state index in [1.807, 2.05) is 34.6 Å². The Balaban J connectivity index is 2.89. The molecule has 0 fully saturated rings. The second-order valence-electron chi connectivity index (χ2n) is 5.61. The lowest BCUT2D eigenvalue weighted by Crippen LogP contribution is -2.41. The number of benzene rings is 1. The van der Waals surface area contributed by atoms with Gasteiger partial charge in [-0.3, -0.25) is 0 Å². The van der Waals surface area contributed by atoms with Gasteiger partial charge in [0.15, 0.2) is 0 Å². The fourth-order valence-corrected chi connectivity index (χ4v) is 2.81. The number of ether oxygens (including phenoxy) is 1. The van der Waals surface area contributed by atoms with Gasteiger partial charge in [0.2, 0.25) is 10.0 Å². The quantitative estimate of drug-likeness (QED) is 0.905. The van der Waals surface area contributed by atoms with Gasteiger partial charge in [-0.25, -0.2) is 13.1 Å². The molecule has 0 amide bonds. The second-order valence-corrected chi connectivity index (χ2v) is 7.33. The Morgan fingerprint density at radius 3 is 2.16 bits per heavy atom. The smallest absolute Gasteiger partial charge is 0.240 e. The molecule has 4 nitrogen and oxygen atoms in total. The number of hydrogen-bond donors (Lipinski definition) is 1. The van der Waals surface area contributed by atoms with Crippen LogP contribution in [-0.4, -0.2) is 21.1 Å². The normalized spacial score (nSPS) is 14.2. The van der Waals surface area contributed by atoms with Crippen LogP contribution in [0.3, 0.4) is 0 Å². The van der Waals surface area contributed by atoms with Gasteiger partial charge in [-0.15, -0.1) is 0 Å². The van der Waals surface area contributed by atoms with Crippen LogP contribution in [0.5, 0.6) is 5.75 Å². The van der Waals surface area contributed by atoms with Crippen molar-refractivity contribution < 1.29 is 13.2 Å². The highest BCUT2D eigenvalue weighted by Gasteiger charge is 2.25. The van der Waals surface area contributed by atoms with Crippen molar-refractivity contribution in [3.8, 4) is 5.75 Å². The molecule has 0 heterocycles. The van der Waals surface area contributed by atoms with E-state index >= 15 is 0 Å². The van der Waals surface area contributed by atoms with Crippen molar-refractivity contribution in [3.05, 3.63) is 24.3 Å². The Morgan fingerprint density at radius 2 is 1.74 bits per heavy atom. The number of hydrogen-bond acceptors (Lipinski definition) is 3. The second kappa shape index (κ2) is 5.92. The summed E-state index contributed by atoms with van der Waals surface area (Å²) < 4.78 is 32.4. The van der Waals surface area contributed by atoms with E-state index in [0.29, 0.717) is 12.4 Å². The third-order valence-corrected chi connectivity index (χ3v) is 4.63. The van der Waals surface area contributed by atoms with Gasteiger partial charge in [0, 0.05) is 6.04 Å². The van der Waals surface area contributed by atoms with Crippen molar-refractivity contribution in [2.24, 2.45) is 5.41 Å². The average Bonchev–Trinajstić information content (AvgIpc) is 2.28. The molecule has 108 valence electrons. The van der Waals surface area contributed by atoms with E-state index in [1.165, 1.54) is 0 Å². The highest BCUT2D eigenvalue weighted by Crippen LogP contribution is 2.22. The van der Waals surface area contributed by atoms with E-state index in [9.17, 15) is 8.42 Å². The lowest BCUT2D eigenvalue weighted by Gasteiger charge is -2.27. The molecule has 0 aliphatic carbocycles. The van der Waals surface area contributed by atoms with Crippen molar-refractivity contribution in [1.82, 2.24) is 4.72 Å². The molecule has 0 spiro atoms. The topological polar surface area (TPSA) is 55.4 Å². The summed E-state index contributed by atoms with van der Waals surface area (Å²) in [5, 5.41) is 0. The van der Waals surface area contributed by atoms with E-state index in [-0.39, 0.29) is 16.4 Å². The summed E-state index contributed by atoms with van der Waals surface area (Å²) in [7, 11) is -3.48. The fourth-order valence-electron chi connectivity index (χ4n) is 1.36. The third kappa shape index (κ3) is 4.51. The molecule has 0 aromatic heterocycles. The predicted octanol–water partition coefficient (Wildman–Crippen LogP) is 2.80. The molecule has 0 saturated heterocycles. The minimum absolute atomic E-state index is 0.127. The lowest BCUT2D eigenvalue weighted by atomic mass is 9.89. The summed E-state index contributed by atoms with van der Waals surface area (Å²) in [6, 6.07) is 6.30. The van der Waals surface area contributed by atoms with E-state index in [0.717, 1.165) is 0 Å². The molecule has 0 saturated carbocycles. The fraction of sp³-hybridized carbons (Fsp3) is 0.571. The lowest BCUT2D eigenvalue weighted by molar-refractivity contribution is 0.317. The van der Waals surface area contributed by atoms with Crippen LogP contribution in [0.25, 0.3) is 0 Å². The van der Waals surface area contributed by atoms with Crippen LogP contribution in [0.15, 0.2) is 29.2 Å². The van der Waals surface area contributed by atoms with Crippen LogP contribution >= 0.6 is 0 Å². The standard InChI is InChI=1S/C14H23NO3S/c1-6-18-12-7-9-13(10-8-12)19(16,17)15-11(2)14(3,4)5/h7-11,15H,6H2,1-5H3. The van der Waals surface area contributed by atoms with E-state index in [1.54, 1.807) is 24.3 Å². The largest absolute Gasteiger partial charge is 0.494 e.